The molecule has 0 radical (unpaired) electrons. The minimum absolute atomic E-state index is 0.430. The van der Waals surface area contributed by atoms with Crippen LogP contribution in [0.4, 0.5) is 0 Å². The minimum Gasteiger partial charge on any atom is -0.481 e. The van der Waals surface area contributed by atoms with Crippen LogP contribution in [-0.4, -0.2) is 74.8 Å². The highest BCUT2D eigenvalue weighted by Gasteiger charge is 2.30. The maximum atomic E-state index is 11.3. The molecule has 0 aromatic carbocycles. The lowest BCUT2D eigenvalue weighted by Crippen LogP contribution is -2.45. The van der Waals surface area contributed by atoms with Crippen molar-refractivity contribution in [3.8, 4) is 0 Å². The van der Waals surface area contributed by atoms with E-state index in [2.05, 4.69) is 4.74 Å². The second-order valence-corrected chi connectivity index (χ2v) is 3.71. The van der Waals surface area contributed by atoms with Gasteiger partial charge in [-0.3, -0.25) is 14.4 Å². The quantitative estimate of drug-likeness (QED) is 0.278. The lowest BCUT2D eigenvalue weighted by molar-refractivity contribution is -0.156. The first kappa shape index (κ1) is 17.4. The van der Waals surface area contributed by atoms with Gasteiger partial charge in [0.25, 0.3) is 0 Å². The van der Waals surface area contributed by atoms with Crippen LogP contribution in [0.2, 0.25) is 0 Å². The van der Waals surface area contributed by atoms with Gasteiger partial charge in [-0.1, -0.05) is 0 Å². The summed E-state index contributed by atoms with van der Waals surface area (Å²) in [6.45, 7) is -1.72. The van der Waals surface area contributed by atoms with Crippen molar-refractivity contribution < 1.29 is 44.7 Å². The SMILES string of the molecule is O=C(O)CCC(=O)OCC(=O)[C@H](O)[C@@H](O)[C@H](O)CO. The van der Waals surface area contributed by atoms with Crippen LogP contribution in [0.25, 0.3) is 0 Å². The molecule has 0 aliphatic rings. The van der Waals surface area contributed by atoms with Crippen LogP contribution < -0.4 is 0 Å². The van der Waals surface area contributed by atoms with Crippen molar-refractivity contribution in [2.24, 2.45) is 0 Å². The Labute approximate surface area is 108 Å². The van der Waals surface area contributed by atoms with Gasteiger partial charge in [-0.2, -0.15) is 0 Å². The van der Waals surface area contributed by atoms with E-state index in [-0.39, 0.29) is 0 Å². The van der Waals surface area contributed by atoms with Gasteiger partial charge < -0.3 is 30.3 Å². The molecular weight excluding hydrogens is 264 g/mol. The molecule has 0 saturated carbocycles. The van der Waals surface area contributed by atoms with E-state index in [1.54, 1.807) is 0 Å². The maximum Gasteiger partial charge on any atom is 0.306 e. The predicted octanol–water partition coefficient (Wildman–Crippen LogP) is -2.96. The molecule has 0 heterocycles. The first-order valence-corrected chi connectivity index (χ1v) is 5.34. The Morgan fingerprint density at radius 2 is 1.63 bits per heavy atom. The number of hydrogen-bond acceptors (Lipinski definition) is 8. The number of Topliss-reactive ketones (excluding diaryl/α,β-unsaturated/α-hetero) is 1. The first-order valence-electron chi connectivity index (χ1n) is 5.34. The Morgan fingerprint density at radius 3 is 2.11 bits per heavy atom. The summed E-state index contributed by atoms with van der Waals surface area (Å²) in [4.78, 5) is 32.4. The van der Waals surface area contributed by atoms with E-state index in [1.807, 2.05) is 0 Å². The minimum atomic E-state index is -2.02. The standard InChI is InChI=1S/C10H16O9/c11-3-5(12)9(17)10(18)6(13)4-19-8(16)2-1-7(14)15/h5,9-12,17-18H,1-4H2,(H,14,15)/t5-,9+,10+/m1/s1. The molecule has 9 nitrogen and oxygen atoms in total. The fourth-order valence-corrected chi connectivity index (χ4v) is 1.03. The number of ether oxygens (including phenoxy) is 1. The van der Waals surface area contributed by atoms with E-state index >= 15 is 0 Å². The molecular formula is C10H16O9. The van der Waals surface area contributed by atoms with Crippen molar-refractivity contribution in [3.05, 3.63) is 0 Å². The average Bonchev–Trinajstić information content (AvgIpc) is 2.39. The number of ketones is 1. The van der Waals surface area contributed by atoms with Gasteiger partial charge in [0.1, 0.15) is 18.3 Å². The second kappa shape index (κ2) is 8.53. The molecule has 0 spiro atoms. The summed E-state index contributed by atoms with van der Waals surface area (Å²) in [6, 6.07) is 0. The highest BCUT2D eigenvalue weighted by molar-refractivity contribution is 5.87. The van der Waals surface area contributed by atoms with Gasteiger partial charge in [0.15, 0.2) is 6.61 Å². The smallest absolute Gasteiger partial charge is 0.306 e. The van der Waals surface area contributed by atoms with Crippen LogP contribution in [0.5, 0.6) is 0 Å². The van der Waals surface area contributed by atoms with Crippen LogP contribution in [0.3, 0.4) is 0 Å². The number of esters is 1. The lowest BCUT2D eigenvalue weighted by Gasteiger charge is -2.20. The number of hydrogen-bond donors (Lipinski definition) is 5. The molecule has 0 bridgehead atoms. The molecule has 0 aromatic heterocycles. The van der Waals surface area contributed by atoms with Crippen molar-refractivity contribution in [1.82, 2.24) is 0 Å². The van der Waals surface area contributed by atoms with Gasteiger partial charge in [0.2, 0.25) is 5.78 Å². The monoisotopic (exact) mass is 280 g/mol. The van der Waals surface area contributed by atoms with Crippen molar-refractivity contribution in [2.75, 3.05) is 13.2 Å². The molecule has 0 fully saturated rings. The van der Waals surface area contributed by atoms with E-state index in [9.17, 15) is 24.6 Å². The molecule has 110 valence electrons. The zero-order valence-corrected chi connectivity index (χ0v) is 9.93. The fourth-order valence-electron chi connectivity index (χ4n) is 1.03. The molecule has 0 aromatic rings. The summed E-state index contributed by atoms with van der Waals surface area (Å²) >= 11 is 0. The summed E-state index contributed by atoms with van der Waals surface area (Å²) in [7, 11) is 0. The van der Waals surface area contributed by atoms with Crippen LogP contribution >= 0.6 is 0 Å². The third-order valence-electron chi connectivity index (χ3n) is 2.15. The van der Waals surface area contributed by atoms with E-state index in [4.69, 9.17) is 15.3 Å². The van der Waals surface area contributed by atoms with E-state index < -0.39 is 62.1 Å². The van der Waals surface area contributed by atoms with E-state index in [0.29, 0.717) is 0 Å². The van der Waals surface area contributed by atoms with Crippen molar-refractivity contribution in [3.63, 3.8) is 0 Å². The summed E-state index contributed by atoms with van der Waals surface area (Å²) in [5.74, 6) is -3.23. The number of aliphatic hydroxyl groups excluding tert-OH is 4. The number of carbonyl (C=O) groups is 3. The van der Waals surface area contributed by atoms with Gasteiger partial charge in [-0.25, -0.2) is 0 Å². The largest absolute Gasteiger partial charge is 0.481 e. The van der Waals surface area contributed by atoms with E-state index in [0.717, 1.165) is 0 Å². The molecule has 5 N–H and O–H groups in total. The lowest BCUT2D eigenvalue weighted by atomic mass is 10.1. The number of rotatable bonds is 9. The van der Waals surface area contributed by atoms with Crippen LogP contribution in [0, 0.1) is 0 Å². The molecule has 9 heteroatoms. The number of carbonyl (C=O) groups excluding carboxylic acids is 2. The summed E-state index contributed by atoms with van der Waals surface area (Å²) in [6.07, 6.45) is -6.52. The zero-order valence-electron chi connectivity index (χ0n) is 9.93. The third kappa shape index (κ3) is 6.82. The summed E-state index contributed by atoms with van der Waals surface area (Å²) in [5.41, 5.74) is 0. The van der Waals surface area contributed by atoms with Crippen molar-refractivity contribution in [1.29, 1.82) is 0 Å². The third-order valence-corrected chi connectivity index (χ3v) is 2.15. The summed E-state index contributed by atoms with van der Waals surface area (Å²) < 4.78 is 4.37. The molecule has 0 aliphatic carbocycles. The topological polar surface area (TPSA) is 162 Å². The van der Waals surface area contributed by atoms with Crippen LogP contribution in [-0.2, 0) is 19.1 Å². The normalized spacial score (nSPS) is 15.4. The highest BCUT2D eigenvalue weighted by atomic mass is 16.5. The molecule has 0 rings (SSSR count). The average molecular weight is 280 g/mol. The van der Waals surface area contributed by atoms with Gasteiger partial charge in [0, 0.05) is 0 Å². The summed E-state index contributed by atoms with van der Waals surface area (Å²) in [5, 5.41) is 44.2. The molecule has 0 amide bonds. The number of carboxylic acid groups (broad SMARTS) is 1. The van der Waals surface area contributed by atoms with Crippen molar-refractivity contribution in [2.45, 2.75) is 31.2 Å². The van der Waals surface area contributed by atoms with Crippen LogP contribution in [0.1, 0.15) is 12.8 Å². The van der Waals surface area contributed by atoms with Crippen molar-refractivity contribution >= 4 is 17.7 Å². The Kier molecular flexibility index (Phi) is 7.84. The number of aliphatic hydroxyl groups is 4. The Hall–Kier alpha value is -1.55. The molecule has 0 aliphatic heterocycles. The first-order chi connectivity index (χ1) is 8.79. The van der Waals surface area contributed by atoms with Gasteiger partial charge in [-0.15, -0.1) is 0 Å². The van der Waals surface area contributed by atoms with Gasteiger partial charge in [0.05, 0.1) is 19.4 Å². The zero-order chi connectivity index (χ0) is 15.0. The second-order valence-electron chi connectivity index (χ2n) is 3.71. The molecule has 3 atom stereocenters. The Morgan fingerprint density at radius 1 is 1.05 bits per heavy atom. The Balaban J connectivity index is 4.09. The maximum absolute atomic E-state index is 11.3. The molecule has 0 saturated heterocycles. The predicted molar refractivity (Wildman–Crippen MR) is 57.9 cm³/mol. The molecule has 0 unspecified atom stereocenters. The Bertz CT molecular complexity index is 327. The van der Waals surface area contributed by atoms with E-state index in [1.165, 1.54) is 0 Å². The number of carboxylic acids is 1. The number of aliphatic carboxylic acids is 1. The molecule has 19 heavy (non-hydrogen) atoms. The van der Waals surface area contributed by atoms with Gasteiger partial charge in [-0.05, 0) is 0 Å². The van der Waals surface area contributed by atoms with Crippen LogP contribution in [0.15, 0.2) is 0 Å². The van der Waals surface area contributed by atoms with Gasteiger partial charge >= 0.3 is 11.9 Å². The highest BCUT2D eigenvalue weighted by Crippen LogP contribution is 2.02. The fraction of sp³-hybridized carbons (Fsp3) is 0.700.